The molecule has 0 aliphatic heterocycles. The van der Waals surface area contributed by atoms with Gasteiger partial charge in [-0.15, -0.1) is 10.2 Å². The monoisotopic (exact) mass is 490 g/mol. The minimum absolute atomic E-state index is 0.115. The first-order valence-corrected chi connectivity index (χ1v) is 10.7. The van der Waals surface area contributed by atoms with E-state index in [2.05, 4.69) is 25.1 Å². The van der Waals surface area contributed by atoms with Crippen LogP contribution in [0.5, 0.6) is 5.75 Å². The van der Waals surface area contributed by atoms with Crippen molar-refractivity contribution in [2.45, 2.75) is 17.6 Å². The molecule has 4 rings (SSSR count). The fourth-order valence-electron chi connectivity index (χ4n) is 2.57. The number of nitrogens with zero attached hydrogens (tertiary/aromatic N) is 6. The lowest BCUT2D eigenvalue weighted by atomic mass is 10.3. The quantitative estimate of drug-likeness (QED) is 0.198. The molecule has 0 saturated carbocycles. The van der Waals surface area contributed by atoms with E-state index in [1.54, 1.807) is 29.1 Å². The normalized spacial score (nSPS) is 11.2. The molecule has 0 aliphatic rings. The summed E-state index contributed by atoms with van der Waals surface area (Å²) in [5, 5.41) is 17.0. The first-order valence-electron chi connectivity index (χ1n) is 9.37. The zero-order valence-corrected chi connectivity index (χ0v) is 18.7. The highest BCUT2D eigenvalue weighted by atomic mass is 35.5. The number of hydrogen-bond donors (Lipinski definition) is 0. The minimum Gasteiger partial charge on any atom is -0.484 e. The van der Waals surface area contributed by atoms with Gasteiger partial charge in [0.15, 0.2) is 5.69 Å². The summed E-state index contributed by atoms with van der Waals surface area (Å²) in [7, 11) is 1.30. The van der Waals surface area contributed by atoms with Crippen LogP contribution in [-0.2, 0) is 17.2 Å². The van der Waals surface area contributed by atoms with Gasteiger partial charge in [-0.2, -0.15) is 14.9 Å². The lowest BCUT2D eigenvalue weighted by Crippen LogP contribution is -2.04. The second-order valence-electron chi connectivity index (χ2n) is 6.38. The standard InChI is InChI=1S/C20H16ClFN6O4S/c1-30-19(29)17-6-7-27(26-17)12-33-20-25-23-11-28(20)24-9-14-3-4-15(32-14)10-31-18-5-2-13(22)8-16(18)21/h2-9,11H,10,12H2,1H3/b24-9+. The fraction of sp³-hybridized carbons (Fsp3) is 0.150. The third kappa shape index (κ3) is 5.79. The Balaban J connectivity index is 1.33. The Morgan fingerprint density at radius 1 is 1.33 bits per heavy atom. The summed E-state index contributed by atoms with van der Waals surface area (Å²) in [6.07, 6.45) is 4.62. The number of carbonyl (C=O) groups excluding carboxylic acids is 1. The van der Waals surface area contributed by atoms with Crippen LogP contribution in [0.4, 0.5) is 4.39 Å². The van der Waals surface area contributed by atoms with Gasteiger partial charge in [-0.05, 0) is 36.4 Å². The van der Waals surface area contributed by atoms with Crippen LogP contribution in [0.1, 0.15) is 22.0 Å². The molecule has 0 atom stereocenters. The smallest absolute Gasteiger partial charge is 0.358 e. The predicted octanol–water partition coefficient (Wildman–Crippen LogP) is 3.86. The first-order chi connectivity index (χ1) is 16.0. The Hall–Kier alpha value is -3.64. The molecule has 10 nitrogen and oxygen atoms in total. The van der Waals surface area contributed by atoms with Crippen molar-refractivity contribution in [1.29, 1.82) is 0 Å². The van der Waals surface area contributed by atoms with Crippen molar-refractivity contribution in [3.63, 3.8) is 0 Å². The van der Waals surface area contributed by atoms with E-state index in [-0.39, 0.29) is 17.3 Å². The number of hydrogen-bond acceptors (Lipinski definition) is 9. The molecule has 0 N–H and O–H groups in total. The summed E-state index contributed by atoms with van der Waals surface area (Å²) in [4.78, 5) is 11.5. The third-order valence-corrected chi connectivity index (χ3v) is 5.33. The van der Waals surface area contributed by atoms with Crippen molar-refractivity contribution in [3.05, 3.63) is 77.0 Å². The molecule has 0 saturated heterocycles. The molecule has 170 valence electrons. The summed E-state index contributed by atoms with van der Waals surface area (Å²) in [5.74, 6) is 0.820. The molecule has 4 aromatic rings. The molecule has 3 aromatic heterocycles. The molecule has 1 aromatic carbocycles. The van der Waals surface area contributed by atoms with Gasteiger partial charge in [0.1, 0.15) is 36.0 Å². The third-order valence-electron chi connectivity index (χ3n) is 4.12. The molecule has 33 heavy (non-hydrogen) atoms. The molecule has 0 bridgehead atoms. The van der Waals surface area contributed by atoms with Crippen molar-refractivity contribution in [1.82, 2.24) is 24.7 Å². The van der Waals surface area contributed by atoms with Crippen molar-refractivity contribution in [2.75, 3.05) is 7.11 Å². The summed E-state index contributed by atoms with van der Waals surface area (Å²) in [6, 6.07) is 8.92. The molecular formula is C20H16ClFN6O4S. The maximum atomic E-state index is 13.1. The second-order valence-corrected chi connectivity index (χ2v) is 7.69. The average molecular weight is 491 g/mol. The van der Waals surface area contributed by atoms with Gasteiger partial charge in [0, 0.05) is 6.20 Å². The van der Waals surface area contributed by atoms with E-state index < -0.39 is 11.8 Å². The number of methoxy groups -OCH3 is 1. The Kier molecular flexibility index (Phi) is 7.05. The maximum absolute atomic E-state index is 13.1. The summed E-state index contributed by atoms with van der Waals surface area (Å²) in [6.45, 7) is 0.115. The van der Waals surface area contributed by atoms with E-state index >= 15 is 0 Å². The molecule has 13 heteroatoms. The van der Waals surface area contributed by atoms with Gasteiger partial charge in [-0.1, -0.05) is 23.4 Å². The van der Waals surface area contributed by atoms with Crippen molar-refractivity contribution in [3.8, 4) is 5.75 Å². The maximum Gasteiger partial charge on any atom is 0.358 e. The zero-order valence-electron chi connectivity index (χ0n) is 17.1. The van der Waals surface area contributed by atoms with E-state index in [1.165, 1.54) is 54.3 Å². The Labute approximate surface area is 196 Å². The number of carbonyl (C=O) groups is 1. The molecule has 0 fully saturated rings. The summed E-state index contributed by atoms with van der Waals surface area (Å²) >= 11 is 7.27. The summed E-state index contributed by atoms with van der Waals surface area (Å²) in [5.41, 5.74) is 0.219. The van der Waals surface area contributed by atoms with Gasteiger partial charge >= 0.3 is 5.97 Å². The van der Waals surface area contributed by atoms with E-state index in [1.807, 2.05) is 0 Å². The van der Waals surface area contributed by atoms with Gasteiger partial charge in [0.2, 0.25) is 5.16 Å². The molecular weight excluding hydrogens is 475 g/mol. The van der Waals surface area contributed by atoms with Crippen LogP contribution in [-0.4, -0.2) is 43.9 Å². The van der Waals surface area contributed by atoms with Gasteiger partial charge in [0.25, 0.3) is 0 Å². The van der Waals surface area contributed by atoms with Crippen LogP contribution < -0.4 is 4.74 Å². The van der Waals surface area contributed by atoms with Crippen molar-refractivity contribution in [2.24, 2.45) is 5.10 Å². The van der Waals surface area contributed by atoms with Crippen LogP contribution in [0, 0.1) is 5.82 Å². The van der Waals surface area contributed by atoms with Gasteiger partial charge in [-0.3, -0.25) is 4.68 Å². The molecule has 0 spiro atoms. The Bertz CT molecular complexity index is 1290. The van der Waals surface area contributed by atoms with Crippen LogP contribution in [0.3, 0.4) is 0 Å². The van der Waals surface area contributed by atoms with Crippen LogP contribution in [0.25, 0.3) is 0 Å². The minimum atomic E-state index is -0.504. The largest absolute Gasteiger partial charge is 0.484 e. The number of aromatic nitrogens is 5. The van der Waals surface area contributed by atoms with E-state index in [0.717, 1.165) is 0 Å². The topological polar surface area (TPSA) is 110 Å². The lowest BCUT2D eigenvalue weighted by Gasteiger charge is -2.05. The van der Waals surface area contributed by atoms with Gasteiger partial charge in [0.05, 0.1) is 24.2 Å². The highest BCUT2D eigenvalue weighted by molar-refractivity contribution is 7.98. The Morgan fingerprint density at radius 2 is 2.21 bits per heavy atom. The van der Waals surface area contributed by atoms with E-state index in [9.17, 15) is 9.18 Å². The van der Waals surface area contributed by atoms with Crippen LogP contribution in [0.2, 0.25) is 5.02 Å². The number of halogens is 2. The first kappa shape index (κ1) is 22.6. The number of thioether (sulfide) groups is 1. The summed E-state index contributed by atoms with van der Waals surface area (Å²) < 4.78 is 32.0. The SMILES string of the molecule is COC(=O)c1ccn(CSc2nncn2/N=C/c2ccc(COc3ccc(F)cc3Cl)o2)n1. The Morgan fingerprint density at radius 3 is 3.03 bits per heavy atom. The van der Waals surface area contributed by atoms with Crippen molar-refractivity contribution >= 4 is 35.5 Å². The van der Waals surface area contributed by atoms with Crippen LogP contribution in [0.15, 0.2) is 63.6 Å². The predicted molar refractivity (Wildman–Crippen MR) is 117 cm³/mol. The van der Waals surface area contributed by atoms with Crippen LogP contribution >= 0.6 is 23.4 Å². The van der Waals surface area contributed by atoms with E-state index in [0.29, 0.717) is 28.3 Å². The van der Waals surface area contributed by atoms with Crippen molar-refractivity contribution < 1.29 is 23.1 Å². The zero-order chi connectivity index (χ0) is 23.2. The number of ether oxygens (including phenoxy) is 2. The number of rotatable bonds is 9. The molecule has 0 unspecified atom stereocenters. The second kappa shape index (κ2) is 10.3. The van der Waals surface area contributed by atoms with Gasteiger partial charge < -0.3 is 13.9 Å². The highest BCUT2D eigenvalue weighted by Gasteiger charge is 2.11. The fourth-order valence-corrected chi connectivity index (χ4v) is 3.51. The van der Waals surface area contributed by atoms with E-state index in [4.69, 9.17) is 20.8 Å². The molecule has 3 heterocycles. The lowest BCUT2D eigenvalue weighted by molar-refractivity contribution is 0.0593. The average Bonchev–Trinajstić information content (AvgIpc) is 3.56. The number of esters is 1. The number of furan rings is 1. The van der Waals surface area contributed by atoms with Gasteiger partial charge in [-0.25, -0.2) is 9.18 Å². The highest BCUT2D eigenvalue weighted by Crippen LogP contribution is 2.26. The molecule has 0 aliphatic carbocycles. The molecule has 0 amide bonds. The molecule has 0 radical (unpaired) electrons. The number of benzene rings is 1.